The maximum atomic E-state index is 12.1. The third kappa shape index (κ3) is 3.95. The van der Waals surface area contributed by atoms with Crippen LogP contribution in [0.3, 0.4) is 0 Å². The van der Waals surface area contributed by atoms with Crippen LogP contribution in [0.1, 0.15) is 28.4 Å². The quantitative estimate of drug-likeness (QED) is 0.879. The number of carbonyl (C=O) groups excluding carboxylic acids is 2. The molecule has 22 heavy (non-hydrogen) atoms. The van der Waals surface area contributed by atoms with Crippen molar-refractivity contribution in [1.29, 1.82) is 0 Å². The Kier molecular flexibility index (Phi) is 4.94. The highest BCUT2D eigenvalue weighted by molar-refractivity contribution is 5.97. The molecule has 4 nitrogen and oxygen atoms in total. The highest BCUT2D eigenvalue weighted by Gasteiger charge is 2.19. The monoisotopic (exact) mass is 297 g/mol. The molecule has 0 radical (unpaired) electrons. The van der Waals surface area contributed by atoms with Gasteiger partial charge in [0.25, 0.3) is 5.91 Å². The van der Waals surface area contributed by atoms with Crippen molar-refractivity contribution in [3.8, 4) is 0 Å². The first kappa shape index (κ1) is 15.8. The van der Waals surface area contributed by atoms with Crippen LogP contribution in [0, 0.1) is 13.8 Å². The number of benzene rings is 2. The van der Waals surface area contributed by atoms with Gasteiger partial charge in [-0.1, -0.05) is 24.3 Å². The lowest BCUT2D eigenvalue weighted by molar-refractivity contribution is -0.123. The van der Waals surface area contributed by atoms with E-state index in [1.54, 1.807) is 31.2 Å². The molecule has 0 heterocycles. The van der Waals surface area contributed by atoms with Crippen molar-refractivity contribution in [3.63, 3.8) is 0 Å². The predicted octanol–water partition coefficient (Wildman–Crippen LogP) is 3.49. The fourth-order valence-electron chi connectivity index (χ4n) is 1.92. The highest BCUT2D eigenvalue weighted by atomic mass is 16.5. The molecule has 2 rings (SSSR count). The van der Waals surface area contributed by atoms with E-state index >= 15 is 0 Å². The second kappa shape index (κ2) is 6.89. The minimum atomic E-state index is -0.866. The molecule has 1 atom stereocenters. The van der Waals surface area contributed by atoms with Crippen LogP contribution in [0.5, 0.6) is 0 Å². The van der Waals surface area contributed by atoms with Gasteiger partial charge in [-0.05, 0) is 56.2 Å². The lowest BCUT2D eigenvalue weighted by atomic mass is 10.1. The number of carbonyl (C=O) groups is 2. The number of rotatable bonds is 4. The zero-order chi connectivity index (χ0) is 16.1. The minimum Gasteiger partial charge on any atom is -0.449 e. The van der Waals surface area contributed by atoms with E-state index in [-0.39, 0.29) is 5.91 Å². The summed E-state index contributed by atoms with van der Waals surface area (Å²) in [5, 5.41) is 2.70. The van der Waals surface area contributed by atoms with Crippen molar-refractivity contribution in [2.24, 2.45) is 0 Å². The van der Waals surface area contributed by atoms with E-state index in [0.717, 1.165) is 11.1 Å². The second-order valence-corrected chi connectivity index (χ2v) is 5.20. The molecule has 0 spiro atoms. The lowest BCUT2D eigenvalue weighted by Gasteiger charge is -2.14. The predicted molar refractivity (Wildman–Crippen MR) is 85.9 cm³/mol. The van der Waals surface area contributed by atoms with Gasteiger partial charge in [0.1, 0.15) is 0 Å². The number of nitrogens with one attached hydrogen (secondary N) is 1. The zero-order valence-electron chi connectivity index (χ0n) is 12.9. The van der Waals surface area contributed by atoms with Gasteiger partial charge < -0.3 is 10.1 Å². The van der Waals surface area contributed by atoms with E-state index in [2.05, 4.69) is 5.32 Å². The summed E-state index contributed by atoms with van der Waals surface area (Å²) in [6, 6.07) is 14.4. The van der Waals surface area contributed by atoms with E-state index in [0.29, 0.717) is 11.3 Å². The summed E-state index contributed by atoms with van der Waals surface area (Å²) in [6.45, 7) is 5.45. The molecule has 2 aromatic rings. The van der Waals surface area contributed by atoms with Gasteiger partial charge in [-0.25, -0.2) is 4.79 Å². The molecule has 0 aromatic heterocycles. The number of anilines is 1. The van der Waals surface area contributed by atoms with Gasteiger partial charge in [0.2, 0.25) is 0 Å². The third-order valence-corrected chi connectivity index (χ3v) is 3.44. The Morgan fingerprint density at radius 1 is 1.00 bits per heavy atom. The van der Waals surface area contributed by atoms with Gasteiger partial charge in [-0.3, -0.25) is 4.79 Å². The van der Waals surface area contributed by atoms with Crippen LogP contribution in [-0.4, -0.2) is 18.0 Å². The molecule has 4 heteroatoms. The number of amides is 1. The first-order valence-corrected chi connectivity index (χ1v) is 7.11. The SMILES string of the molecule is Cc1ccc(C(=O)O[C@H](C)C(=O)Nc2ccccc2)cc1C. The van der Waals surface area contributed by atoms with Crippen LogP contribution in [-0.2, 0) is 9.53 Å². The Balaban J connectivity index is 1.98. The average Bonchev–Trinajstić information content (AvgIpc) is 2.50. The first-order valence-electron chi connectivity index (χ1n) is 7.11. The molecule has 114 valence electrons. The smallest absolute Gasteiger partial charge is 0.338 e. The van der Waals surface area contributed by atoms with E-state index in [9.17, 15) is 9.59 Å². The molecule has 1 amide bonds. The lowest BCUT2D eigenvalue weighted by Crippen LogP contribution is -2.30. The molecule has 0 saturated carbocycles. The Labute approximate surface area is 130 Å². The number of hydrogen-bond donors (Lipinski definition) is 1. The van der Waals surface area contributed by atoms with Crippen molar-refractivity contribution in [1.82, 2.24) is 0 Å². The number of aryl methyl sites for hydroxylation is 2. The first-order chi connectivity index (χ1) is 10.5. The molecule has 0 aliphatic rings. The fourth-order valence-corrected chi connectivity index (χ4v) is 1.92. The Hall–Kier alpha value is -2.62. The average molecular weight is 297 g/mol. The summed E-state index contributed by atoms with van der Waals surface area (Å²) < 4.78 is 5.21. The van der Waals surface area contributed by atoms with Gasteiger partial charge >= 0.3 is 5.97 Å². The van der Waals surface area contributed by atoms with Crippen molar-refractivity contribution < 1.29 is 14.3 Å². The molecular weight excluding hydrogens is 278 g/mol. The largest absolute Gasteiger partial charge is 0.449 e. The summed E-state index contributed by atoms with van der Waals surface area (Å²) in [6.07, 6.45) is -0.866. The molecule has 0 aliphatic heterocycles. The van der Waals surface area contributed by atoms with Gasteiger partial charge in [-0.2, -0.15) is 0 Å². The van der Waals surface area contributed by atoms with Crippen LogP contribution in [0.4, 0.5) is 5.69 Å². The maximum Gasteiger partial charge on any atom is 0.338 e. The standard InChI is InChI=1S/C18H19NO3/c1-12-9-10-15(11-13(12)2)18(21)22-14(3)17(20)19-16-7-5-4-6-8-16/h4-11,14H,1-3H3,(H,19,20)/t14-/m1/s1. The van der Waals surface area contributed by atoms with Gasteiger partial charge in [0.05, 0.1) is 5.56 Å². The van der Waals surface area contributed by atoms with Gasteiger partial charge in [0, 0.05) is 5.69 Å². The fraction of sp³-hybridized carbons (Fsp3) is 0.222. The van der Waals surface area contributed by atoms with Crippen molar-refractivity contribution in [3.05, 3.63) is 65.2 Å². The normalized spacial score (nSPS) is 11.6. The van der Waals surface area contributed by atoms with E-state index in [1.807, 2.05) is 38.1 Å². The summed E-state index contributed by atoms with van der Waals surface area (Å²) in [4.78, 5) is 24.1. The second-order valence-electron chi connectivity index (χ2n) is 5.20. The Bertz CT molecular complexity index is 680. The number of esters is 1. The highest BCUT2D eigenvalue weighted by Crippen LogP contribution is 2.12. The molecule has 0 unspecified atom stereocenters. The van der Waals surface area contributed by atoms with Crippen LogP contribution in [0.2, 0.25) is 0 Å². The summed E-state index contributed by atoms with van der Waals surface area (Å²) in [5.41, 5.74) is 3.23. The summed E-state index contributed by atoms with van der Waals surface area (Å²) >= 11 is 0. The summed E-state index contributed by atoms with van der Waals surface area (Å²) in [5.74, 6) is -0.859. The number of hydrogen-bond acceptors (Lipinski definition) is 3. The van der Waals surface area contributed by atoms with Crippen molar-refractivity contribution in [2.75, 3.05) is 5.32 Å². The molecular formula is C18H19NO3. The van der Waals surface area contributed by atoms with E-state index < -0.39 is 12.1 Å². The van der Waals surface area contributed by atoms with Gasteiger partial charge in [0.15, 0.2) is 6.10 Å². The molecule has 0 aliphatic carbocycles. The Morgan fingerprint density at radius 3 is 2.32 bits per heavy atom. The number of ether oxygens (including phenoxy) is 1. The van der Waals surface area contributed by atoms with Gasteiger partial charge in [-0.15, -0.1) is 0 Å². The molecule has 0 saturated heterocycles. The van der Waals surface area contributed by atoms with Crippen LogP contribution >= 0.6 is 0 Å². The van der Waals surface area contributed by atoms with Crippen molar-refractivity contribution >= 4 is 17.6 Å². The minimum absolute atomic E-state index is 0.358. The molecule has 1 N–H and O–H groups in total. The molecule has 2 aromatic carbocycles. The third-order valence-electron chi connectivity index (χ3n) is 3.44. The molecule has 0 fully saturated rings. The molecule has 0 bridgehead atoms. The van der Waals surface area contributed by atoms with Crippen LogP contribution < -0.4 is 5.32 Å². The zero-order valence-corrected chi connectivity index (χ0v) is 12.9. The van der Waals surface area contributed by atoms with Crippen LogP contribution in [0.15, 0.2) is 48.5 Å². The van der Waals surface area contributed by atoms with Crippen molar-refractivity contribution in [2.45, 2.75) is 26.9 Å². The topological polar surface area (TPSA) is 55.4 Å². The summed E-state index contributed by atoms with van der Waals surface area (Å²) in [7, 11) is 0. The Morgan fingerprint density at radius 2 is 1.68 bits per heavy atom. The van der Waals surface area contributed by atoms with E-state index in [4.69, 9.17) is 4.74 Å². The van der Waals surface area contributed by atoms with E-state index in [1.165, 1.54) is 0 Å². The number of para-hydroxylation sites is 1. The van der Waals surface area contributed by atoms with Crippen LogP contribution in [0.25, 0.3) is 0 Å². The maximum absolute atomic E-state index is 12.1.